The van der Waals surface area contributed by atoms with Crippen molar-refractivity contribution >= 4 is 11.6 Å². The average Bonchev–Trinajstić information content (AvgIpc) is 2.40. The summed E-state index contributed by atoms with van der Waals surface area (Å²) in [5, 5.41) is 2.96. The Bertz CT molecular complexity index is 650. The van der Waals surface area contributed by atoms with Crippen molar-refractivity contribution in [3.8, 4) is 18.2 Å². The topological polar surface area (TPSA) is 47.0 Å². The number of halogens is 1. The van der Waals surface area contributed by atoms with Gasteiger partial charge in [-0.05, 0) is 30.7 Å². The van der Waals surface area contributed by atoms with Crippen LogP contribution in [-0.2, 0) is 0 Å². The zero-order chi connectivity index (χ0) is 13.8. The Balaban J connectivity index is 2.31. The molecule has 0 amide bonds. The molecule has 0 atom stereocenters. The predicted octanol–water partition coefficient (Wildman–Crippen LogP) is 2.66. The van der Waals surface area contributed by atoms with Crippen molar-refractivity contribution in [3.63, 3.8) is 0 Å². The number of ether oxygens (including phenoxy) is 1. The van der Waals surface area contributed by atoms with Crippen LogP contribution < -0.4 is 10.1 Å². The molecular weight excluding hydrogens is 245 g/mol. The van der Waals surface area contributed by atoms with Gasteiger partial charge in [0.1, 0.15) is 0 Å². The van der Waals surface area contributed by atoms with Gasteiger partial charge in [-0.1, -0.05) is 5.92 Å². The number of terminal acetylenes is 1. The lowest BCUT2D eigenvalue weighted by Crippen LogP contribution is -2.01. The van der Waals surface area contributed by atoms with E-state index in [0.29, 0.717) is 0 Å². The monoisotopic (exact) mass is 257 g/mol. The van der Waals surface area contributed by atoms with Crippen molar-refractivity contribution in [2.75, 3.05) is 12.4 Å². The molecule has 0 bridgehead atoms. The van der Waals surface area contributed by atoms with Crippen LogP contribution >= 0.6 is 0 Å². The second-order valence-corrected chi connectivity index (χ2v) is 3.91. The van der Waals surface area contributed by atoms with Gasteiger partial charge in [-0.2, -0.15) is 9.37 Å². The highest BCUT2D eigenvalue weighted by Gasteiger charge is 2.07. The van der Waals surface area contributed by atoms with Gasteiger partial charge in [-0.3, -0.25) is 0 Å². The molecule has 0 unspecified atom stereocenters. The highest BCUT2D eigenvalue weighted by molar-refractivity contribution is 5.58. The Morgan fingerprint density at radius 2 is 2.16 bits per heavy atom. The van der Waals surface area contributed by atoms with Crippen LogP contribution in [-0.4, -0.2) is 17.1 Å². The standard InChI is InChI=1S/C14H12FN3O/c1-4-10-5-9(2)6-11(7-10)17-14-16-8-12(15)13(18-14)19-3/h1,5-8H,2-3H3,(H,16,17,18). The van der Waals surface area contributed by atoms with Crippen LogP contribution in [0.2, 0.25) is 0 Å². The summed E-state index contributed by atoms with van der Waals surface area (Å²) in [7, 11) is 1.35. The van der Waals surface area contributed by atoms with Crippen molar-refractivity contribution in [1.82, 2.24) is 9.97 Å². The molecule has 1 N–H and O–H groups in total. The average molecular weight is 257 g/mol. The fourth-order valence-corrected chi connectivity index (χ4v) is 1.62. The van der Waals surface area contributed by atoms with Crippen LogP contribution in [0.15, 0.2) is 24.4 Å². The Morgan fingerprint density at radius 1 is 1.37 bits per heavy atom. The van der Waals surface area contributed by atoms with Crippen molar-refractivity contribution in [2.45, 2.75) is 6.92 Å². The molecule has 0 aliphatic rings. The number of benzene rings is 1. The molecule has 2 aromatic rings. The van der Waals surface area contributed by atoms with E-state index >= 15 is 0 Å². The number of hydrogen-bond donors (Lipinski definition) is 1. The van der Waals surface area contributed by atoms with Gasteiger partial charge in [0.25, 0.3) is 5.88 Å². The van der Waals surface area contributed by atoms with E-state index in [1.165, 1.54) is 7.11 Å². The van der Waals surface area contributed by atoms with Gasteiger partial charge >= 0.3 is 0 Å². The predicted molar refractivity (Wildman–Crippen MR) is 70.9 cm³/mol. The fraction of sp³-hybridized carbons (Fsp3) is 0.143. The summed E-state index contributed by atoms with van der Waals surface area (Å²) in [4.78, 5) is 7.74. The molecule has 19 heavy (non-hydrogen) atoms. The van der Waals surface area contributed by atoms with Gasteiger partial charge in [-0.25, -0.2) is 4.98 Å². The van der Waals surface area contributed by atoms with Crippen LogP contribution in [0.4, 0.5) is 16.0 Å². The lowest BCUT2D eigenvalue weighted by molar-refractivity contribution is 0.368. The highest BCUT2D eigenvalue weighted by Crippen LogP contribution is 2.19. The number of rotatable bonds is 3. The maximum atomic E-state index is 13.2. The lowest BCUT2D eigenvalue weighted by Gasteiger charge is -2.08. The first-order valence-corrected chi connectivity index (χ1v) is 5.54. The summed E-state index contributed by atoms with van der Waals surface area (Å²) >= 11 is 0. The quantitative estimate of drug-likeness (QED) is 0.859. The number of nitrogens with zero attached hydrogens (tertiary/aromatic N) is 2. The number of nitrogens with one attached hydrogen (secondary N) is 1. The molecule has 0 aliphatic heterocycles. The van der Waals surface area contributed by atoms with E-state index in [9.17, 15) is 4.39 Å². The molecule has 5 heteroatoms. The molecule has 0 radical (unpaired) electrons. The van der Waals surface area contributed by atoms with E-state index in [2.05, 4.69) is 21.2 Å². The van der Waals surface area contributed by atoms with E-state index in [-0.39, 0.29) is 11.8 Å². The Morgan fingerprint density at radius 3 is 2.84 bits per heavy atom. The van der Waals surface area contributed by atoms with Crippen molar-refractivity contribution in [2.24, 2.45) is 0 Å². The largest absolute Gasteiger partial charge is 0.479 e. The molecule has 0 aliphatic carbocycles. The molecule has 2 rings (SSSR count). The van der Waals surface area contributed by atoms with Crippen molar-refractivity contribution in [1.29, 1.82) is 0 Å². The molecule has 0 spiro atoms. The van der Waals surface area contributed by atoms with Crippen LogP contribution in [0.25, 0.3) is 0 Å². The minimum Gasteiger partial charge on any atom is -0.479 e. The van der Waals surface area contributed by atoms with Crippen LogP contribution in [0.3, 0.4) is 0 Å². The highest BCUT2D eigenvalue weighted by atomic mass is 19.1. The molecule has 1 aromatic carbocycles. The first-order valence-electron chi connectivity index (χ1n) is 5.54. The minimum atomic E-state index is -0.610. The molecule has 1 heterocycles. The van der Waals surface area contributed by atoms with Gasteiger partial charge in [0.05, 0.1) is 13.3 Å². The van der Waals surface area contributed by atoms with Gasteiger partial charge in [0.15, 0.2) is 0 Å². The summed E-state index contributed by atoms with van der Waals surface area (Å²) in [6.07, 6.45) is 6.42. The second kappa shape index (κ2) is 5.36. The third-order valence-electron chi connectivity index (χ3n) is 2.41. The van der Waals surface area contributed by atoms with Crippen LogP contribution in [0.5, 0.6) is 5.88 Å². The maximum absolute atomic E-state index is 13.2. The normalized spacial score (nSPS) is 9.79. The Labute approximate surface area is 110 Å². The number of aromatic nitrogens is 2. The zero-order valence-electron chi connectivity index (χ0n) is 10.6. The van der Waals surface area contributed by atoms with Gasteiger partial charge < -0.3 is 10.1 Å². The molecule has 0 fully saturated rings. The first kappa shape index (κ1) is 12.8. The third kappa shape index (κ3) is 2.99. The molecule has 96 valence electrons. The molecular formula is C14H12FN3O. The smallest absolute Gasteiger partial charge is 0.255 e. The van der Waals surface area contributed by atoms with Crippen molar-refractivity contribution < 1.29 is 9.13 Å². The van der Waals surface area contributed by atoms with Crippen LogP contribution in [0.1, 0.15) is 11.1 Å². The zero-order valence-corrected chi connectivity index (χ0v) is 10.6. The summed E-state index contributed by atoms with van der Waals surface area (Å²) in [6, 6.07) is 5.56. The van der Waals surface area contributed by atoms with E-state index in [4.69, 9.17) is 11.2 Å². The molecule has 0 saturated carbocycles. The van der Waals surface area contributed by atoms with E-state index in [1.54, 1.807) is 6.07 Å². The van der Waals surface area contributed by atoms with Gasteiger partial charge in [0.2, 0.25) is 11.8 Å². The number of hydrogen-bond acceptors (Lipinski definition) is 4. The molecule has 1 aromatic heterocycles. The third-order valence-corrected chi connectivity index (χ3v) is 2.41. The lowest BCUT2D eigenvalue weighted by atomic mass is 10.1. The van der Waals surface area contributed by atoms with Crippen molar-refractivity contribution in [3.05, 3.63) is 41.3 Å². The molecule has 0 saturated heterocycles. The van der Waals surface area contributed by atoms with E-state index in [0.717, 1.165) is 23.0 Å². The summed E-state index contributed by atoms with van der Waals surface area (Å²) in [5.74, 6) is 2.08. The minimum absolute atomic E-state index is 0.109. The van der Waals surface area contributed by atoms with Crippen LogP contribution in [0, 0.1) is 25.1 Å². The first-order chi connectivity index (χ1) is 9.12. The van der Waals surface area contributed by atoms with E-state index < -0.39 is 5.82 Å². The number of aryl methyl sites for hydroxylation is 1. The summed E-state index contributed by atoms with van der Waals surface area (Å²) < 4.78 is 18.0. The van der Waals surface area contributed by atoms with E-state index in [1.807, 2.05) is 19.1 Å². The fourth-order valence-electron chi connectivity index (χ4n) is 1.62. The molecule has 4 nitrogen and oxygen atoms in total. The number of anilines is 2. The maximum Gasteiger partial charge on any atom is 0.255 e. The number of methoxy groups -OCH3 is 1. The Hall–Kier alpha value is -2.61. The SMILES string of the molecule is C#Cc1cc(C)cc(Nc2ncc(F)c(OC)n2)c1. The van der Waals surface area contributed by atoms with Gasteiger partial charge in [0, 0.05) is 11.3 Å². The summed E-state index contributed by atoms with van der Waals surface area (Å²) in [6.45, 7) is 1.93. The second-order valence-electron chi connectivity index (χ2n) is 3.91. The van der Waals surface area contributed by atoms with Gasteiger partial charge in [-0.15, -0.1) is 6.42 Å². The Kier molecular flexibility index (Phi) is 3.62. The summed E-state index contributed by atoms with van der Waals surface area (Å²) in [5.41, 5.74) is 2.49.